The van der Waals surface area contributed by atoms with Crippen LogP contribution in [-0.4, -0.2) is 64.0 Å². The van der Waals surface area contributed by atoms with Crippen molar-refractivity contribution in [2.24, 2.45) is 0 Å². The van der Waals surface area contributed by atoms with E-state index in [0.29, 0.717) is 19.6 Å². The highest BCUT2D eigenvalue weighted by Crippen LogP contribution is 2.14. The van der Waals surface area contributed by atoms with Crippen molar-refractivity contribution in [3.63, 3.8) is 0 Å². The van der Waals surface area contributed by atoms with Crippen molar-refractivity contribution in [2.75, 3.05) is 32.8 Å². The van der Waals surface area contributed by atoms with E-state index >= 15 is 0 Å². The predicted molar refractivity (Wildman–Crippen MR) is 120 cm³/mol. The summed E-state index contributed by atoms with van der Waals surface area (Å²) < 4.78 is 45.7. The van der Waals surface area contributed by atoms with Crippen molar-refractivity contribution >= 4 is 21.8 Å². The van der Waals surface area contributed by atoms with Crippen LogP contribution in [0.15, 0.2) is 59.5 Å². The molecule has 0 radical (unpaired) electrons. The predicted octanol–water partition coefficient (Wildman–Crippen LogP) is 1.47. The third-order valence-electron chi connectivity index (χ3n) is 5.25. The van der Waals surface area contributed by atoms with Gasteiger partial charge in [0.25, 0.3) is 0 Å². The lowest BCUT2D eigenvalue weighted by atomic mass is 10.1. The molecule has 1 aliphatic rings. The Labute approximate surface area is 193 Å². The van der Waals surface area contributed by atoms with Gasteiger partial charge < -0.3 is 15.0 Å². The van der Waals surface area contributed by atoms with Gasteiger partial charge in [-0.3, -0.25) is 9.59 Å². The van der Waals surface area contributed by atoms with E-state index in [0.717, 1.165) is 42.7 Å². The van der Waals surface area contributed by atoms with Gasteiger partial charge in [0, 0.05) is 19.7 Å². The van der Waals surface area contributed by atoms with Crippen LogP contribution in [0.3, 0.4) is 0 Å². The first-order valence-electron chi connectivity index (χ1n) is 10.8. The van der Waals surface area contributed by atoms with Crippen molar-refractivity contribution in [3.8, 4) is 0 Å². The van der Waals surface area contributed by atoms with E-state index in [1.165, 1.54) is 4.90 Å². The number of sulfonamides is 1. The van der Waals surface area contributed by atoms with Gasteiger partial charge in [-0.05, 0) is 49.1 Å². The second-order valence-electron chi connectivity index (χ2n) is 7.77. The lowest BCUT2D eigenvalue weighted by Gasteiger charge is -2.25. The van der Waals surface area contributed by atoms with E-state index in [9.17, 15) is 22.4 Å². The van der Waals surface area contributed by atoms with Crippen LogP contribution in [0.1, 0.15) is 18.4 Å². The number of carbonyl (C=O) groups excluding carboxylic acids is 2. The van der Waals surface area contributed by atoms with E-state index in [1.54, 1.807) is 0 Å². The zero-order chi connectivity index (χ0) is 23.7. The number of ether oxygens (including phenoxy) is 1. The Bertz CT molecular complexity index is 1030. The SMILES string of the molecule is O=C(CN(C[C@@H]1CCCO1)C(=O)CNS(=O)(=O)c1ccc(F)cc1)NCCc1ccccc1. The largest absolute Gasteiger partial charge is 0.376 e. The van der Waals surface area contributed by atoms with Crippen LogP contribution in [-0.2, 0) is 30.8 Å². The van der Waals surface area contributed by atoms with Crippen LogP contribution in [0.4, 0.5) is 4.39 Å². The van der Waals surface area contributed by atoms with E-state index in [4.69, 9.17) is 4.74 Å². The number of hydrogen-bond donors (Lipinski definition) is 2. The second-order valence-corrected chi connectivity index (χ2v) is 9.54. The molecule has 0 saturated carbocycles. The molecule has 1 saturated heterocycles. The normalized spacial score (nSPS) is 15.8. The highest BCUT2D eigenvalue weighted by atomic mass is 32.2. The molecule has 0 bridgehead atoms. The fraction of sp³-hybridized carbons (Fsp3) is 0.391. The molecule has 2 aromatic carbocycles. The number of nitrogens with zero attached hydrogens (tertiary/aromatic N) is 1. The van der Waals surface area contributed by atoms with Crippen LogP contribution >= 0.6 is 0 Å². The molecule has 33 heavy (non-hydrogen) atoms. The summed E-state index contributed by atoms with van der Waals surface area (Å²) >= 11 is 0. The molecule has 2 N–H and O–H groups in total. The fourth-order valence-electron chi connectivity index (χ4n) is 3.47. The highest BCUT2D eigenvalue weighted by Gasteiger charge is 2.25. The van der Waals surface area contributed by atoms with Crippen LogP contribution < -0.4 is 10.0 Å². The molecule has 8 nitrogen and oxygen atoms in total. The summed E-state index contributed by atoms with van der Waals surface area (Å²) in [5.41, 5.74) is 1.08. The smallest absolute Gasteiger partial charge is 0.241 e. The third-order valence-corrected chi connectivity index (χ3v) is 6.67. The zero-order valence-corrected chi connectivity index (χ0v) is 19.0. The number of rotatable bonds is 11. The van der Waals surface area contributed by atoms with Crippen LogP contribution in [0.2, 0.25) is 0 Å². The Morgan fingerprint density at radius 1 is 1.09 bits per heavy atom. The molecule has 0 aromatic heterocycles. The van der Waals surface area contributed by atoms with Gasteiger partial charge >= 0.3 is 0 Å². The average Bonchev–Trinajstić information content (AvgIpc) is 3.31. The first-order valence-corrected chi connectivity index (χ1v) is 12.3. The minimum Gasteiger partial charge on any atom is -0.376 e. The summed E-state index contributed by atoms with van der Waals surface area (Å²) in [6, 6.07) is 14.0. The van der Waals surface area contributed by atoms with Gasteiger partial charge in [-0.1, -0.05) is 30.3 Å². The molecular formula is C23H28FN3O5S. The monoisotopic (exact) mass is 477 g/mol. The molecule has 0 unspecified atom stereocenters. The quantitative estimate of drug-likeness (QED) is 0.510. The zero-order valence-electron chi connectivity index (χ0n) is 18.2. The van der Waals surface area contributed by atoms with Crippen LogP contribution in [0.5, 0.6) is 0 Å². The molecule has 3 rings (SSSR count). The summed E-state index contributed by atoms with van der Waals surface area (Å²) in [4.78, 5) is 26.4. The van der Waals surface area contributed by atoms with Crippen molar-refractivity contribution in [1.82, 2.24) is 14.9 Å². The number of carbonyl (C=O) groups is 2. The number of halogens is 1. The van der Waals surface area contributed by atoms with E-state index in [-0.39, 0.29) is 30.0 Å². The van der Waals surface area contributed by atoms with Crippen LogP contribution in [0, 0.1) is 5.82 Å². The third kappa shape index (κ3) is 7.92. The van der Waals surface area contributed by atoms with E-state index in [2.05, 4.69) is 10.0 Å². The van der Waals surface area contributed by atoms with Crippen molar-refractivity contribution in [2.45, 2.75) is 30.3 Å². The molecule has 10 heteroatoms. The molecular weight excluding hydrogens is 449 g/mol. The van der Waals surface area contributed by atoms with Crippen LogP contribution in [0.25, 0.3) is 0 Å². The molecule has 1 aliphatic heterocycles. The Morgan fingerprint density at radius 2 is 1.82 bits per heavy atom. The Balaban J connectivity index is 1.55. The Morgan fingerprint density at radius 3 is 2.48 bits per heavy atom. The average molecular weight is 478 g/mol. The topological polar surface area (TPSA) is 105 Å². The van der Waals surface area contributed by atoms with Crippen molar-refractivity contribution in [1.29, 1.82) is 0 Å². The molecule has 1 heterocycles. The van der Waals surface area contributed by atoms with Gasteiger partial charge in [0.05, 0.1) is 24.1 Å². The number of hydrogen-bond acceptors (Lipinski definition) is 5. The summed E-state index contributed by atoms with van der Waals surface area (Å²) in [6.45, 7) is 0.480. The van der Waals surface area contributed by atoms with E-state index in [1.807, 2.05) is 30.3 Å². The standard InChI is InChI=1S/C23H28FN3O5S/c24-19-8-10-21(11-9-19)33(30,31)26-15-23(29)27(16-20-7-4-14-32-20)17-22(28)25-13-12-18-5-2-1-3-6-18/h1-3,5-6,8-11,20,26H,4,7,12-17H2,(H,25,28)/t20-/m0/s1. The molecule has 178 valence electrons. The summed E-state index contributed by atoms with van der Waals surface area (Å²) in [5, 5.41) is 2.80. The maximum absolute atomic E-state index is 13.1. The first-order chi connectivity index (χ1) is 15.8. The minimum atomic E-state index is -4.00. The van der Waals surface area contributed by atoms with Gasteiger partial charge in [-0.2, -0.15) is 0 Å². The minimum absolute atomic E-state index is 0.152. The summed E-state index contributed by atoms with van der Waals surface area (Å²) in [6.07, 6.45) is 2.09. The van der Waals surface area contributed by atoms with Gasteiger partial charge in [-0.25, -0.2) is 17.5 Å². The van der Waals surface area contributed by atoms with E-state index < -0.39 is 28.3 Å². The fourth-order valence-corrected chi connectivity index (χ4v) is 4.45. The Kier molecular flexibility index (Phi) is 8.93. The first kappa shape index (κ1) is 24.8. The molecule has 0 spiro atoms. The number of benzene rings is 2. The van der Waals surface area contributed by atoms with Gasteiger partial charge in [-0.15, -0.1) is 0 Å². The molecule has 1 atom stereocenters. The van der Waals surface area contributed by atoms with Gasteiger partial charge in [0.1, 0.15) is 5.82 Å². The molecule has 0 aliphatic carbocycles. The summed E-state index contributed by atoms with van der Waals surface area (Å²) in [5.74, 6) is -1.45. The van der Waals surface area contributed by atoms with Gasteiger partial charge in [0.15, 0.2) is 0 Å². The maximum atomic E-state index is 13.1. The molecule has 2 aromatic rings. The number of amides is 2. The molecule has 1 fully saturated rings. The lowest BCUT2D eigenvalue weighted by molar-refractivity contribution is -0.136. The highest BCUT2D eigenvalue weighted by molar-refractivity contribution is 7.89. The second kappa shape index (κ2) is 11.9. The summed E-state index contributed by atoms with van der Waals surface area (Å²) in [7, 11) is -4.00. The number of nitrogens with one attached hydrogen (secondary N) is 2. The Hall–Kier alpha value is -2.82. The van der Waals surface area contributed by atoms with Gasteiger partial charge in [0.2, 0.25) is 21.8 Å². The lowest BCUT2D eigenvalue weighted by Crippen LogP contribution is -2.48. The maximum Gasteiger partial charge on any atom is 0.241 e. The van der Waals surface area contributed by atoms with Crippen molar-refractivity contribution in [3.05, 3.63) is 66.0 Å². The van der Waals surface area contributed by atoms with Crippen molar-refractivity contribution < 1.29 is 27.1 Å². The molecule has 2 amide bonds.